The summed E-state index contributed by atoms with van der Waals surface area (Å²) >= 11 is 0. The van der Waals surface area contributed by atoms with Crippen LogP contribution in [0, 0.1) is 6.92 Å². The minimum absolute atomic E-state index is 0.153. The number of H-pyrrole nitrogens is 1. The van der Waals surface area contributed by atoms with Gasteiger partial charge >= 0.3 is 0 Å². The van der Waals surface area contributed by atoms with Crippen LogP contribution >= 0.6 is 0 Å². The van der Waals surface area contributed by atoms with E-state index < -0.39 is 0 Å². The molecular formula is C12H15N5O. The van der Waals surface area contributed by atoms with Crippen molar-refractivity contribution in [2.24, 2.45) is 0 Å². The van der Waals surface area contributed by atoms with Gasteiger partial charge in [-0.1, -0.05) is 6.92 Å². The molecule has 0 aliphatic rings. The van der Waals surface area contributed by atoms with Gasteiger partial charge in [0.1, 0.15) is 11.6 Å². The molecule has 0 aliphatic heterocycles. The summed E-state index contributed by atoms with van der Waals surface area (Å²) < 4.78 is 0. The highest BCUT2D eigenvalue weighted by Crippen LogP contribution is 2.02. The second kappa shape index (κ2) is 5.39. The zero-order valence-corrected chi connectivity index (χ0v) is 10.4. The fourth-order valence-electron chi connectivity index (χ4n) is 1.46. The zero-order chi connectivity index (χ0) is 13.0. The standard InChI is InChI=1S/C12H15N5O/c1-3-10-16-11(4-12(18)17-10)15-7-9-6-13-8(2)5-14-9/h4-6H,3,7H2,1-2H3,(H2,15,16,17,18). The van der Waals surface area contributed by atoms with Gasteiger partial charge in [0.05, 0.1) is 24.1 Å². The molecule has 0 atom stereocenters. The van der Waals surface area contributed by atoms with Gasteiger partial charge in [0.25, 0.3) is 5.56 Å². The van der Waals surface area contributed by atoms with Crippen LogP contribution in [-0.4, -0.2) is 19.9 Å². The summed E-state index contributed by atoms with van der Waals surface area (Å²) in [6.45, 7) is 4.32. The number of hydrogen-bond donors (Lipinski definition) is 2. The number of rotatable bonds is 4. The van der Waals surface area contributed by atoms with Gasteiger partial charge in [-0.25, -0.2) is 4.98 Å². The number of nitrogens with one attached hydrogen (secondary N) is 2. The minimum Gasteiger partial charge on any atom is -0.364 e. The Hall–Kier alpha value is -2.24. The molecule has 0 aromatic carbocycles. The molecule has 6 heteroatoms. The van der Waals surface area contributed by atoms with Crippen molar-refractivity contribution in [3.8, 4) is 0 Å². The molecule has 0 unspecified atom stereocenters. The topological polar surface area (TPSA) is 83.6 Å². The number of aromatic amines is 1. The highest BCUT2D eigenvalue weighted by molar-refractivity contribution is 5.33. The number of aryl methyl sites for hydroxylation is 2. The summed E-state index contributed by atoms with van der Waals surface area (Å²) in [4.78, 5) is 26.7. The Morgan fingerprint density at radius 1 is 1.33 bits per heavy atom. The molecule has 2 N–H and O–H groups in total. The monoisotopic (exact) mass is 245 g/mol. The van der Waals surface area contributed by atoms with Gasteiger partial charge in [0.15, 0.2) is 0 Å². The maximum atomic E-state index is 11.4. The van der Waals surface area contributed by atoms with Crippen molar-refractivity contribution in [3.05, 3.63) is 46.0 Å². The van der Waals surface area contributed by atoms with Crippen LogP contribution in [0.15, 0.2) is 23.3 Å². The summed E-state index contributed by atoms with van der Waals surface area (Å²) in [5.74, 6) is 1.22. The second-order valence-corrected chi connectivity index (χ2v) is 3.93. The van der Waals surface area contributed by atoms with Gasteiger partial charge in [0, 0.05) is 18.7 Å². The van der Waals surface area contributed by atoms with E-state index in [0.717, 1.165) is 11.4 Å². The van der Waals surface area contributed by atoms with Gasteiger partial charge < -0.3 is 10.3 Å². The van der Waals surface area contributed by atoms with Crippen LogP contribution < -0.4 is 10.9 Å². The van der Waals surface area contributed by atoms with Crippen molar-refractivity contribution >= 4 is 5.82 Å². The maximum Gasteiger partial charge on any atom is 0.252 e. The van der Waals surface area contributed by atoms with Crippen molar-refractivity contribution in [1.29, 1.82) is 0 Å². The van der Waals surface area contributed by atoms with Gasteiger partial charge in [-0.15, -0.1) is 0 Å². The predicted octanol–water partition coefficient (Wildman–Crippen LogP) is 1.04. The summed E-state index contributed by atoms with van der Waals surface area (Å²) in [6.07, 6.45) is 4.10. The van der Waals surface area contributed by atoms with E-state index in [1.807, 2.05) is 13.8 Å². The van der Waals surface area contributed by atoms with Crippen LogP contribution in [-0.2, 0) is 13.0 Å². The molecule has 0 bridgehead atoms. The van der Waals surface area contributed by atoms with Gasteiger partial charge in [-0.3, -0.25) is 14.8 Å². The first-order chi connectivity index (χ1) is 8.67. The fraction of sp³-hybridized carbons (Fsp3) is 0.333. The summed E-state index contributed by atoms with van der Waals surface area (Å²) in [6, 6.07) is 1.43. The van der Waals surface area contributed by atoms with E-state index in [2.05, 4.69) is 25.3 Å². The Labute approximate surface area is 105 Å². The number of nitrogens with zero attached hydrogens (tertiary/aromatic N) is 3. The first-order valence-corrected chi connectivity index (χ1v) is 5.79. The Balaban J connectivity index is 2.08. The van der Waals surface area contributed by atoms with E-state index in [0.29, 0.717) is 24.6 Å². The summed E-state index contributed by atoms with van der Waals surface area (Å²) in [7, 11) is 0. The van der Waals surface area contributed by atoms with Crippen LogP contribution in [0.4, 0.5) is 5.82 Å². The third kappa shape index (κ3) is 3.13. The van der Waals surface area contributed by atoms with E-state index in [-0.39, 0.29) is 5.56 Å². The van der Waals surface area contributed by atoms with Crippen LogP contribution in [0.1, 0.15) is 24.1 Å². The quantitative estimate of drug-likeness (QED) is 0.841. The lowest BCUT2D eigenvalue weighted by molar-refractivity contribution is 0.906. The Bertz CT molecular complexity index is 576. The molecule has 0 saturated carbocycles. The van der Waals surface area contributed by atoms with Crippen LogP contribution in [0.5, 0.6) is 0 Å². The van der Waals surface area contributed by atoms with Crippen LogP contribution in [0.25, 0.3) is 0 Å². The molecule has 2 rings (SSSR count). The summed E-state index contributed by atoms with van der Waals surface area (Å²) in [5, 5.41) is 3.06. The van der Waals surface area contributed by atoms with E-state index in [4.69, 9.17) is 0 Å². The molecule has 0 amide bonds. The molecule has 2 aromatic rings. The third-order valence-corrected chi connectivity index (χ3v) is 2.41. The van der Waals surface area contributed by atoms with Crippen LogP contribution in [0.2, 0.25) is 0 Å². The van der Waals surface area contributed by atoms with Gasteiger partial charge in [-0.05, 0) is 6.92 Å². The highest BCUT2D eigenvalue weighted by Gasteiger charge is 2.00. The van der Waals surface area contributed by atoms with E-state index in [1.165, 1.54) is 6.07 Å². The molecule has 0 fully saturated rings. The van der Waals surface area contributed by atoms with E-state index in [1.54, 1.807) is 12.4 Å². The molecule has 0 aliphatic carbocycles. The van der Waals surface area contributed by atoms with Crippen molar-refractivity contribution in [2.45, 2.75) is 26.8 Å². The highest BCUT2D eigenvalue weighted by atomic mass is 16.1. The van der Waals surface area contributed by atoms with E-state index >= 15 is 0 Å². The Morgan fingerprint density at radius 2 is 2.17 bits per heavy atom. The van der Waals surface area contributed by atoms with Crippen LogP contribution in [0.3, 0.4) is 0 Å². The molecule has 94 valence electrons. The SMILES string of the molecule is CCc1nc(NCc2cnc(C)cn2)cc(=O)[nH]1. The molecule has 18 heavy (non-hydrogen) atoms. The number of aromatic nitrogens is 4. The van der Waals surface area contributed by atoms with Crippen molar-refractivity contribution in [3.63, 3.8) is 0 Å². The first kappa shape index (κ1) is 12.2. The molecule has 2 aromatic heterocycles. The predicted molar refractivity (Wildman–Crippen MR) is 68.3 cm³/mol. The smallest absolute Gasteiger partial charge is 0.252 e. The van der Waals surface area contributed by atoms with E-state index in [9.17, 15) is 4.79 Å². The largest absolute Gasteiger partial charge is 0.364 e. The first-order valence-electron chi connectivity index (χ1n) is 5.79. The molecule has 0 spiro atoms. The third-order valence-electron chi connectivity index (χ3n) is 2.41. The maximum absolute atomic E-state index is 11.4. The Kier molecular flexibility index (Phi) is 3.66. The Morgan fingerprint density at radius 3 is 2.83 bits per heavy atom. The van der Waals surface area contributed by atoms with Crippen molar-refractivity contribution in [1.82, 2.24) is 19.9 Å². The normalized spacial score (nSPS) is 10.3. The second-order valence-electron chi connectivity index (χ2n) is 3.93. The summed E-state index contributed by atoms with van der Waals surface area (Å²) in [5.41, 5.74) is 1.53. The molecule has 0 saturated heterocycles. The van der Waals surface area contributed by atoms with Crippen molar-refractivity contribution in [2.75, 3.05) is 5.32 Å². The lowest BCUT2D eigenvalue weighted by Gasteiger charge is -2.05. The average molecular weight is 245 g/mol. The zero-order valence-electron chi connectivity index (χ0n) is 10.4. The fourth-order valence-corrected chi connectivity index (χ4v) is 1.46. The van der Waals surface area contributed by atoms with Gasteiger partial charge in [-0.2, -0.15) is 0 Å². The van der Waals surface area contributed by atoms with Crippen molar-refractivity contribution < 1.29 is 0 Å². The molecule has 6 nitrogen and oxygen atoms in total. The lowest BCUT2D eigenvalue weighted by Crippen LogP contribution is -2.13. The molecular weight excluding hydrogens is 230 g/mol. The molecule has 0 radical (unpaired) electrons. The van der Waals surface area contributed by atoms with Gasteiger partial charge in [0.2, 0.25) is 0 Å². The lowest BCUT2D eigenvalue weighted by atomic mass is 10.4. The number of hydrogen-bond acceptors (Lipinski definition) is 5. The molecule has 2 heterocycles. The average Bonchev–Trinajstić information content (AvgIpc) is 2.37. The number of anilines is 1. The minimum atomic E-state index is -0.153.